The van der Waals surface area contributed by atoms with Gasteiger partial charge in [-0.15, -0.1) is 0 Å². The molecular formula is C19H31NO3. The SMILES string of the molecule is COC(CCN)c1cccc(OCC2(OC)CCCCCC2)c1. The average molecular weight is 321 g/mol. The fraction of sp³-hybridized carbons (Fsp3) is 0.684. The molecule has 130 valence electrons. The topological polar surface area (TPSA) is 53.7 Å². The van der Waals surface area contributed by atoms with Crippen molar-refractivity contribution in [2.45, 2.75) is 56.7 Å². The largest absolute Gasteiger partial charge is 0.491 e. The van der Waals surface area contributed by atoms with E-state index < -0.39 is 0 Å². The highest BCUT2D eigenvalue weighted by Gasteiger charge is 2.31. The van der Waals surface area contributed by atoms with Gasteiger partial charge in [0.25, 0.3) is 0 Å². The van der Waals surface area contributed by atoms with Crippen LogP contribution in [0.4, 0.5) is 0 Å². The van der Waals surface area contributed by atoms with Gasteiger partial charge in [-0.25, -0.2) is 0 Å². The molecule has 1 aliphatic carbocycles. The maximum Gasteiger partial charge on any atom is 0.119 e. The van der Waals surface area contributed by atoms with E-state index >= 15 is 0 Å². The Balaban J connectivity index is 2.01. The molecule has 0 bridgehead atoms. The lowest BCUT2D eigenvalue weighted by Crippen LogP contribution is -2.37. The molecule has 1 unspecified atom stereocenters. The molecule has 1 fully saturated rings. The number of rotatable bonds is 8. The van der Waals surface area contributed by atoms with Crippen LogP contribution in [0.25, 0.3) is 0 Å². The van der Waals surface area contributed by atoms with Gasteiger partial charge in [0, 0.05) is 14.2 Å². The molecule has 4 heteroatoms. The Morgan fingerprint density at radius 3 is 2.48 bits per heavy atom. The highest BCUT2D eigenvalue weighted by atomic mass is 16.5. The first-order valence-corrected chi connectivity index (χ1v) is 8.74. The van der Waals surface area contributed by atoms with E-state index in [2.05, 4.69) is 12.1 Å². The van der Waals surface area contributed by atoms with E-state index in [1.54, 1.807) is 7.11 Å². The second-order valence-electron chi connectivity index (χ2n) is 6.46. The zero-order valence-electron chi connectivity index (χ0n) is 14.6. The lowest BCUT2D eigenvalue weighted by Gasteiger charge is -2.31. The summed E-state index contributed by atoms with van der Waals surface area (Å²) in [4.78, 5) is 0. The van der Waals surface area contributed by atoms with Gasteiger partial charge in [-0.3, -0.25) is 0 Å². The number of benzene rings is 1. The van der Waals surface area contributed by atoms with Gasteiger partial charge in [0.15, 0.2) is 0 Å². The zero-order chi connectivity index (χ0) is 16.5. The summed E-state index contributed by atoms with van der Waals surface area (Å²) in [6.45, 7) is 1.22. The summed E-state index contributed by atoms with van der Waals surface area (Å²) in [6.07, 6.45) is 8.04. The first-order chi connectivity index (χ1) is 11.2. The lowest BCUT2D eigenvalue weighted by atomic mass is 9.95. The molecule has 0 heterocycles. The predicted molar refractivity (Wildman–Crippen MR) is 92.8 cm³/mol. The Morgan fingerprint density at radius 1 is 1.13 bits per heavy atom. The van der Waals surface area contributed by atoms with Crippen molar-refractivity contribution in [2.24, 2.45) is 5.73 Å². The Hall–Kier alpha value is -1.10. The molecule has 2 N–H and O–H groups in total. The molecule has 0 aromatic heterocycles. The Kier molecular flexibility index (Phi) is 7.34. The summed E-state index contributed by atoms with van der Waals surface area (Å²) in [5.41, 5.74) is 6.64. The van der Waals surface area contributed by atoms with Crippen molar-refractivity contribution in [1.29, 1.82) is 0 Å². The van der Waals surface area contributed by atoms with Crippen LogP contribution < -0.4 is 10.5 Å². The van der Waals surface area contributed by atoms with Gasteiger partial charge < -0.3 is 19.9 Å². The van der Waals surface area contributed by atoms with Gasteiger partial charge in [-0.1, -0.05) is 37.8 Å². The number of nitrogens with two attached hydrogens (primary N) is 1. The molecule has 0 aliphatic heterocycles. The number of methoxy groups -OCH3 is 2. The van der Waals surface area contributed by atoms with Crippen LogP contribution in [0.3, 0.4) is 0 Å². The number of hydrogen-bond acceptors (Lipinski definition) is 4. The highest BCUT2D eigenvalue weighted by molar-refractivity contribution is 5.30. The monoisotopic (exact) mass is 321 g/mol. The minimum atomic E-state index is -0.135. The van der Waals surface area contributed by atoms with E-state index in [9.17, 15) is 0 Å². The first-order valence-electron chi connectivity index (χ1n) is 8.74. The summed E-state index contributed by atoms with van der Waals surface area (Å²) < 4.78 is 17.5. The normalized spacial score (nSPS) is 19.1. The van der Waals surface area contributed by atoms with E-state index in [-0.39, 0.29) is 11.7 Å². The Morgan fingerprint density at radius 2 is 1.87 bits per heavy atom. The summed E-state index contributed by atoms with van der Waals surface area (Å²) in [7, 11) is 3.53. The smallest absolute Gasteiger partial charge is 0.119 e. The van der Waals surface area contributed by atoms with Crippen LogP contribution >= 0.6 is 0 Å². The van der Waals surface area contributed by atoms with E-state index in [0.29, 0.717) is 13.2 Å². The fourth-order valence-corrected chi connectivity index (χ4v) is 3.37. The quantitative estimate of drug-likeness (QED) is 0.739. The van der Waals surface area contributed by atoms with Crippen molar-refractivity contribution in [3.63, 3.8) is 0 Å². The number of ether oxygens (including phenoxy) is 3. The predicted octanol–water partition coefficient (Wildman–Crippen LogP) is 3.84. The Bertz CT molecular complexity index is 456. The van der Waals surface area contributed by atoms with Gasteiger partial charge in [0.05, 0.1) is 6.10 Å². The van der Waals surface area contributed by atoms with Crippen LogP contribution in [-0.4, -0.2) is 33.0 Å². The summed E-state index contributed by atoms with van der Waals surface area (Å²) >= 11 is 0. The van der Waals surface area contributed by atoms with E-state index in [1.807, 2.05) is 19.2 Å². The van der Waals surface area contributed by atoms with Crippen molar-refractivity contribution in [2.75, 3.05) is 27.4 Å². The molecule has 1 saturated carbocycles. The molecule has 2 rings (SSSR count). The van der Waals surface area contributed by atoms with Gasteiger partial charge in [0.1, 0.15) is 18.0 Å². The van der Waals surface area contributed by atoms with Crippen molar-refractivity contribution >= 4 is 0 Å². The molecule has 1 aromatic carbocycles. The minimum absolute atomic E-state index is 0.0258. The second kappa shape index (κ2) is 9.26. The third-order valence-electron chi connectivity index (χ3n) is 4.89. The van der Waals surface area contributed by atoms with E-state index in [4.69, 9.17) is 19.9 Å². The minimum Gasteiger partial charge on any atom is -0.491 e. The van der Waals surface area contributed by atoms with Gasteiger partial charge in [-0.05, 0) is 43.5 Å². The fourth-order valence-electron chi connectivity index (χ4n) is 3.37. The van der Waals surface area contributed by atoms with Gasteiger partial charge in [-0.2, -0.15) is 0 Å². The van der Waals surface area contributed by atoms with Crippen molar-refractivity contribution in [1.82, 2.24) is 0 Å². The van der Waals surface area contributed by atoms with Crippen molar-refractivity contribution in [3.05, 3.63) is 29.8 Å². The Labute approximate surface area is 140 Å². The lowest BCUT2D eigenvalue weighted by molar-refractivity contribution is -0.0548. The summed E-state index contributed by atoms with van der Waals surface area (Å²) in [6, 6.07) is 8.14. The van der Waals surface area contributed by atoms with Crippen molar-refractivity contribution in [3.8, 4) is 5.75 Å². The van der Waals surface area contributed by atoms with E-state index in [0.717, 1.165) is 30.6 Å². The van der Waals surface area contributed by atoms with Gasteiger partial charge in [0.2, 0.25) is 0 Å². The summed E-state index contributed by atoms with van der Waals surface area (Å²) in [5.74, 6) is 0.877. The average Bonchev–Trinajstić information content (AvgIpc) is 2.84. The van der Waals surface area contributed by atoms with Crippen LogP contribution in [0.5, 0.6) is 5.75 Å². The second-order valence-corrected chi connectivity index (χ2v) is 6.46. The standard InChI is InChI=1S/C19H31NO3/c1-21-18(10-13-20)16-8-7-9-17(14-16)23-15-19(22-2)11-5-3-4-6-12-19/h7-9,14,18H,3-6,10-13,15,20H2,1-2H3. The summed E-state index contributed by atoms with van der Waals surface area (Å²) in [5, 5.41) is 0. The van der Waals surface area contributed by atoms with Crippen LogP contribution in [0.15, 0.2) is 24.3 Å². The molecule has 0 radical (unpaired) electrons. The molecule has 23 heavy (non-hydrogen) atoms. The van der Waals surface area contributed by atoms with Crippen LogP contribution in [-0.2, 0) is 9.47 Å². The molecule has 0 amide bonds. The number of hydrogen-bond donors (Lipinski definition) is 1. The van der Waals surface area contributed by atoms with Gasteiger partial charge >= 0.3 is 0 Å². The van der Waals surface area contributed by atoms with Crippen molar-refractivity contribution < 1.29 is 14.2 Å². The first kappa shape index (κ1) is 18.2. The van der Waals surface area contributed by atoms with Crippen LogP contribution in [0, 0.1) is 0 Å². The molecule has 1 atom stereocenters. The molecule has 0 saturated heterocycles. The highest BCUT2D eigenvalue weighted by Crippen LogP contribution is 2.31. The van der Waals surface area contributed by atoms with Crippen LogP contribution in [0.1, 0.15) is 56.6 Å². The molecule has 0 spiro atoms. The third kappa shape index (κ3) is 5.20. The zero-order valence-corrected chi connectivity index (χ0v) is 14.6. The molecular weight excluding hydrogens is 290 g/mol. The third-order valence-corrected chi connectivity index (χ3v) is 4.89. The van der Waals surface area contributed by atoms with E-state index in [1.165, 1.54) is 25.7 Å². The van der Waals surface area contributed by atoms with Crippen LogP contribution in [0.2, 0.25) is 0 Å². The maximum absolute atomic E-state index is 6.10. The molecule has 1 aromatic rings. The molecule has 4 nitrogen and oxygen atoms in total. The molecule has 1 aliphatic rings. The maximum atomic E-state index is 6.10.